The number of thiophene rings is 1. The number of rotatable bonds is 6. The fourth-order valence-electron chi connectivity index (χ4n) is 1.95. The lowest BCUT2D eigenvalue weighted by Crippen LogP contribution is -2.28. The van der Waals surface area contributed by atoms with Crippen LogP contribution in [-0.2, 0) is 10.0 Å². The van der Waals surface area contributed by atoms with Crippen LogP contribution >= 0.6 is 22.9 Å². The molecule has 0 spiro atoms. The molecule has 0 aliphatic rings. The molecule has 1 aromatic carbocycles. The van der Waals surface area contributed by atoms with Gasteiger partial charge in [-0.3, -0.25) is 0 Å². The molecule has 22 heavy (non-hydrogen) atoms. The van der Waals surface area contributed by atoms with Gasteiger partial charge in [0, 0.05) is 16.4 Å². The summed E-state index contributed by atoms with van der Waals surface area (Å²) in [6, 6.07) is 6.21. The molecule has 0 saturated heterocycles. The summed E-state index contributed by atoms with van der Waals surface area (Å²) in [5, 5.41) is 12.2. The Hall–Kier alpha value is -1.12. The molecular formula is C14H16ClNO4S2. The summed E-state index contributed by atoms with van der Waals surface area (Å²) >= 11 is 7.23. The van der Waals surface area contributed by atoms with E-state index in [-0.39, 0.29) is 22.2 Å². The highest BCUT2D eigenvalue weighted by molar-refractivity contribution is 7.89. The van der Waals surface area contributed by atoms with Crippen molar-refractivity contribution in [3.05, 3.63) is 45.1 Å². The molecule has 0 radical (unpaired) electrons. The minimum absolute atomic E-state index is 0.0578. The summed E-state index contributed by atoms with van der Waals surface area (Å²) in [4.78, 5) is 0.679. The lowest BCUT2D eigenvalue weighted by molar-refractivity contribution is 0.185. The second-order valence-corrected chi connectivity index (χ2v) is 7.75. The molecule has 8 heteroatoms. The number of aliphatic hydroxyl groups is 1. The number of methoxy groups -OCH3 is 1. The van der Waals surface area contributed by atoms with E-state index in [0.29, 0.717) is 0 Å². The molecule has 0 aliphatic heterocycles. The Bertz CT molecular complexity index is 758. The Balaban J connectivity index is 2.18. The number of hydrogen-bond acceptors (Lipinski definition) is 5. The standard InChI is InChI=1S/C14H16ClNO4S2/c1-9-5-6-21-14(9)11(17)8-16-22(18,19)13-7-10(15)3-4-12(13)20-2/h3-7,11,16-17H,8H2,1-2H3. The van der Waals surface area contributed by atoms with E-state index in [4.69, 9.17) is 16.3 Å². The number of nitrogens with one attached hydrogen (secondary N) is 1. The largest absolute Gasteiger partial charge is 0.495 e. The van der Waals surface area contributed by atoms with Crippen molar-refractivity contribution < 1.29 is 18.3 Å². The van der Waals surface area contributed by atoms with Gasteiger partial charge in [0.05, 0.1) is 7.11 Å². The normalized spacial score (nSPS) is 13.1. The van der Waals surface area contributed by atoms with Gasteiger partial charge in [0.1, 0.15) is 16.7 Å². The van der Waals surface area contributed by atoms with Gasteiger partial charge in [-0.05, 0) is 42.1 Å². The van der Waals surface area contributed by atoms with Crippen LogP contribution in [0.4, 0.5) is 0 Å². The SMILES string of the molecule is COc1ccc(Cl)cc1S(=O)(=O)NCC(O)c1sccc1C. The lowest BCUT2D eigenvalue weighted by atomic mass is 10.2. The summed E-state index contributed by atoms with van der Waals surface area (Å²) in [7, 11) is -2.46. The van der Waals surface area contributed by atoms with Crippen LogP contribution in [0.2, 0.25) is 5.02 Å². The molecular weight excluding hydrogens is 346 g/mol. The second kappa shape index (κ2) is 6.97. The van der Waals surface area contributed by atoms with E-state index >= 15 is 0 Å². The number of aliphatic hydroxyl groups excluding tert-OH is 1. The van der Waals surface area contributed by atoms with E-state index in [1.165, 1.54) is 30.6 Å². The van der Waals surface area contributed by atoms with E-state index in [0.717, 1.165) is 10.4 Å². The Labute approximate surface area is 138 Å². The molecule has 1 aromatic heterocycles. The van der Waals surface area contributed by atoms with E-state index in [1.807, 2.05) is 18.4 Å². The summed E-state index contributed by atoms with van der Waals surface area (Å²) < 4.78 is 32.2. The van der Waals surface area contributed by atoms with Crippen molar-refractivity contribution in [1.29, 1.82) is 0 Å². The Morgan fingerprint density at radius 3 is 2.73 bits per heavy atom. The predicted molar refractivity (Wildman–Crippen MR) is 87.2 cm³/mol. The fraction of sp³-hybridized carbons (Fsp3) is 0.286. The highest BCUT2D eigenvalue weighted by Gasteiger charge is 2.22. The van der Waals surface area contributed by atoms with Crippen LogP contribution in [0.25, 0.3) is 0 Å². The van der Waals surface area contributed by atoms with Crippen LogP contribution < -0.4 is 9.46 Å². The number of ether oxygens (including phenoxy) is 1. The predicted octanol–water partition coefficient (Wildman–Crippen LogP) is 2.73. The van der Waals surface area contributed by atoms with Crippen molar-refractivity contribution >= 4 is 33.0 Å². The van der Waals surface area contributed by atoms with Crippen molar-refractivity contribution in [3.8, 4) is 5.75 Å². The van der Waals surface area contributed by atoms with Crippen molar-refractivity contribution in [1.82, 2.24) is 4.72 Å². The minimum atomic E-state index is -3.84. The van der Waals surface area contributed by atoms with Gasteiger partial charge in [0.15, 0.2) is 0 Å². The molecule has 1 atom stereocenters. The average Bonchev–Trinajstić information content (AvgIpc) is 2.91. The first-order chi connectivity index (χ1) is 10.3. The third-order valence-corrected chi connectivity index (χ3v) is 5.89. The van der Waals surface area contributed by atoms with Crippen molar-refractivity contribution in [2.45, 2.75) is 17.9 Å². The van der Waals surface area contributed by atoms with Crippen molar-refractivity contribution in [2.24, 2.45) is 0 Å². The number of halogens is 1. The zero-order valence-corrected chi connectivity index (χ0v) is 14.4. The third-order valence-electron chi connectivity index (χ3n) is 3.09. The average molecular weight is 362 g/mol. The molecule has 0 amide bonds. The Morgan fingerprint density at radius 2 is 2.14 bits per heavy atom. The van der Waals surface area contributed by atoms with Gasteiger partial charge in [-0.2, -0.15) is 0 Å². The first kappa shape index (κ1) is 17.2. The van der Waals surface area contributed by atoms with Crippen molar-refractivity contribution in [2.75, 3.05) is 13.7 Å². The summed E-state index contributed by atoms with van der Waals surface area (Å²) in [5.74, 6) is 0.193. The van der Waals surface area contributed by atoms with Gasteiger partial charge in [-0.1, -0.05) is 11.6 Å². The smallest absolute Gasteiger partial charge is 0.244 e. The molecule has 0 bridgehead atoms. The Morgan fingerprint density at radius 1 is 1.41 bits per heavy atom. The molecule has 0 saturated carbocycles. The number of benzene rings is 1. The van der Waals surface area contributed by atoms with E-state index < -0.39 is 16.1 Å². The number of sulfonamides is 1. The molecule has 1 heterocycles. The molecule has 120 valence electrons. The lowest BCUT2D eigenvalue weighted by Gasteiger charge is -2.14. The van der Waals surface area contributed by atoms with Crippen LogP contribution in [0.5, 0.6) is 5.75 Å². The molecule has 1 unspecified atom stereocenters. The van der Waals surface area contributed by atoms with Gasteiger partial charge < -0.3 is 9.84 Å². The summed E-state index contributed by atoms with van der Waals surface area (Å²) in [6.45, 7) is 1.74. The second-order valence-electron chi connectivity index (χ2n) is 4.63. The van der Waals surface area contributed by atoms with Gasteiger partial charge >= 0.3 is 0 Å². The van der Waals surface area contributed by atoms with E-state index in [1.54, 1.807) is 6.07 Å². The maximum absolute atomic E-state index is 12.4. The van der Waals surface area contributed by atoms with Crippen LogP contribution in [0.1, 0.15) is 16.5 Å². The molecule has 0 aliphatic carbocycles. The molecule has 2 rings (SSSR count). The van der Waals surface area contributed by atoms with E-state index in [9.17, 15) is 13.5 Å². The number of hydrogen-bond donors (Lipinski definition) is 2. The van der Waals surface area contributed by atoms with Crippen LogP contribution in [0.15, 0.2) is 34.5 Å². The zero-order valence-electron chi connectivity index (χ0n) is 12.0. The number of aryl methyl sites for hydroxylation is 1. The maximum atomic E-state index is 12.4. The minimum Gasteiger partial charge on any atom is -0.495 e. The van der Waals surface area contributed by atoms with Crippen LogP contribution in [-0.4, -0.2) is 27.2 Å². The monoisotopic (exact) mass is 361 g/mol. The topological polar surface area (TPSA) is 75.6 Å². The van der Waals surface area contributed by atoms with Crippen molar-refractivity contribution in [3.63, 3.8) is 0 Å². The highest BCUT2D eigenvalue weighted by atomic mass is 35.5. The van der Waals surface area contributed by atoms with Crippen LogP contribution in [0, 0.1) is 6.92 Å². The zero-order chi connectivity index (χ0) is 16.3. The fourth-order valence-corrected chi connectivity index (χ4v) is 4.33. The molecule has 2 aromatic rings. The van der Waals surface area contributed by atoms with Gasteiger partial charge in [-0.15, -0.1) is 11.3 Å². The van der Waals surface area contributed by atoms with Crippen LogP contribution in [0.3, 0.4) is 0 Å². The maximum Gasteiger partial charge on any atom is 0.244 e. The summed E-state index contributed by atoms with van der Waals surface area (Å²) in [6.07, 6.45) is -0.903. The molecule has 5 nitrogen and oxygen atoms in total. The summed E-state index contributed by atoms with van der Waals surface area (Å²) in [5.41, 5.74) is 0.928. The highest BCUT2D eigenvalue weighted by Crippen LogP contribution is 2.28. The Kier molecular flexibility index (Phi) is 5.46. The van der Waals surface area contributed by atoms with Gasteiger partial charge in [-0.25, -0.2) is 13.1 Å². The van der Waals surface area contributed by atoms with Gasteiger partial charge in [0.2, 0.25) is 10.0 Å². The quantitative estimate of drug-likeness (QED) is 0.829. The van der Waals surface area contributed by atoms with Gasteiger partial charge in [0.25, 0.3) is 0 Å². The van der Waals surface area contributed by atoms with E-state index in [2.05, 4.69) is 4.72 Å². The molecule has 0 fully saturated rings. The first-order valence-electron chi connectivity index (χ1n) is 6.40. The third kappa shape index (κ3) is 3.80. The molecule has 2 N–H and O–H groups in total. The first-order valence-corrected chi connectivity index (χ1v) is 9.14.